The van der Waals surface area contributed by atoms with E-state index in [1.165, 1.54) is 54.5 Å². The Hall–Kier alpha value is -0.860. The van der Waals surface area contributed by atoms with Crippen molar-refractivity contribution in [2.75, 3.05) is 13.1 Å². The zero-order valence-corrected chi connectivity index (χ0v) is 13.6. The number of hydrogen-bond acceptors (Lipinski definition) is 2. The molecule has 112 valence electrons. The van der Waals surface area contributed by atoms with Gasteiger partial charge in [0.05, 0.1) is 0 Å². The molecule has 1 aromatic rings. The predicted molar refractivity (Wildman–Crippen MR) is 87.1 cm³/mol. The molecule has 0 radical (unpaired) electrons. The highest BCUT2D eigenvalue weighted by molar-refractivity contribution is 5.38. The molecule has 0 aliphatic carbocycles. The summed E-state index contributed by atoms with van der Waals surface area (Å²) in [6.45, 7) is 10.9. The minimum atomic E-state index is 0.388. The van der Waals surface area contributed by atoms with Gasteiger partial charge in [0.1, 0.15) is 0 Å². The van der Waals surface area contributed by atoms with Gasteiger partial charge in [0.15, 0.2) is 0 Å². The molecule has 1 aliphatic rings. The van der Waals surface area contributed by atoms with Crippen LogP contribution in [0.1, 0.15) is 60.9 Å². The molecule has 2 atom stereocenters. The fraction of sp³-hybridized carbons (Fsp3) is 0.667. The van der Waals surface area contributed by atoms with Gasteiger partial charge in [0.25, 0.3) is 0 Å². The maximum atomic E-state index is 6.17. The number of rotatable bonds is 4. The Kier molecular flexibility index (Phi) is 5.22. The van der Waals surface area contributed by atoms with Crippen molar-refractivity contribution in [3.05, 3.63) is 34.4 Å². The molecule has 0 bridgehead atoms. The number of likely N-dealkylation sites (tertiary alicyclic amines) is 1. The molecule has 20 heavy (non-hydrogen) atoms. The van der Waals surface area contributed by atoms with Gasteiger partial charge < -0.3 is 5.73 Å². The average molecular weight is 274 g/mol. The van der Waals surface area contributed by atoms with Gasteiger partial charge in [-0.15, -0.1) is 0 Å². The van der Waals surface area contributed by atoms with Crippen molar-refractivity contribution in [2.45, 2.75) is 65.5 Å². The Morgan fingerprint density at radius 3 is 2.50 bits per heavy atom. The molecular weight excluding hydrogens is 244 g/mol. The number of hydrogen-bond donors (Lipinski definition) is 1. The maximum absolute atomic E-state index is 6.17. The van der Waals surface area contributed by atoms with Gasteiger partial charge in [0.2, 0.25) is 0 Å². The smallest absolute Gasteiger partial charge is 0.0476 e. The van der Waals surface area contributed by atoms with Gasteiger partial charge in [-0.3, -0.25) is 4.90 Å². The maximum Gasteiger partial charge on any atom is 0.0476 e. The fourth-order valence-corrected chi connectivity index (χ4v) is 3.65. The molecule has 0 saturated carbocycles. The second-order valence-electron chi connectivity index (χ2n) is 6.34. The van der Waals surface area contributed by atoms with E-state index in [1.54, 1.807) is 0 Å². The van der Waals surface area contributed by atoms with E-state index in [2.05, 4.69) is 44.7 Å². The minimum absolute atomic E-state index is 0.388. The molecule has 0 amide bonds. The van der Waals surface area contributed by atoms with Crippen LogP contribution in [-0.4, -0.2) is 24.0 Å². The van der Waals surface area contributed by atoms with E-state index in [1.807, 2.05) is 0 Å². The second-order valence-corrected chi connectivity index (χ2v) is 6.34. The first-order chi connectivity index (χ1) is 9.58. The van der Waals surface area contributed by atoms with Crippen molar-refractivity contribution in [2.24, 2.45) is 5.73 Å². The van der Waals surface area contributed by atoms with Crippen molar-refractivity contribution in [3.8, 4) is 0 Å². The lowest BCUT2D eigenvalue weighted by molar-refractivity contribution is 0.0946. The summed E-state index contributed by atoms with van der Waals surface area (Å²) in [5.41, 5.74) is 11.8. The lowest BCUT2D eigenvalue weighted by Crippen LogP contribution is -2.44. The summed E-state index contributed by atoms with van der Waals surface area (Å²) in [7, 11) is 0. The minimum Gasteiger partial charge on any atom is -0.329 e. The van der Waals surface area contributed by atoms with E-state index in [0.717, 1.165) is 6.54 Å². The Balaban J connectivity index is 2.33. The lowest BCUT2D eigenvalue weighted by Gasteiger charge is -2.41. The first kappa shape index (κ1) is 15.5. The molecule has 2 unspecified atom stereocenters. The normalized spacial score (nSPS) is 21.9. The Bertz CT molecular complexity index is 453. The molecule has 2 nitrogen and oxygen atoms in total. The van der Waals surface area contributed by atoms with Crippen LogP contribution in [-0.2, 0) is 0 Å². The third-order valence-electron chi connectivity index (χ3n) is 5.01. The van der Waals surface area contributed by atoms with Crippen LogP contribution in [0.4, 0.5) is 0 Å². The SMILES string of the molecule is CCC1CCCCN1C(CN)c1cc(C)c(C)cc1C. The highest BCUT2D eigenvalue weighted by atomic mass is 15.2. The van der Waals surface area contributed by atoms with Crippen molar-refractivity contribution < 1.29 is 0 Å². The average Bonchev–Trinajstić information content (AvgIpc) is 2.45. The largest absolute Gasteiger partial charge is 0.329 e. The van der Waals surface area contributed by atoms with E-state index < -0.39 is 0 Å². The van der Waals surface area contributed by atoms with E-state index in [-0.39, 0.29) is 0 Å². The van der Waals surface area contributed by atoms with Crippen molar-refractivity contribution in [3.63, 3.8) is 0 Å². The molecule has 0 spiro atoms. The van der Waals surface area contributed by atoms with Crippen LogP contribution in [0.25, 0.3) is 0 Å². The molecule has 2 heteroatoms. The van der Waals surface area contributed by atoms with Gasteiger partial charge >= 0.3 is 0 Å². The summed E-state index contributed by atoms with van der Waals surface area (Å²) in [6, 6.07) is 5.78. The van der Waals surface area contributed by atoms with Crippen LogP contribution in [0.15, 0.2) is 12.1 Å². The molecule has 0 aromatic heterocycles. The van der Waals surface area contributed by atoms with Crippen LogP contribution < -0.4 is 5.73 Å². The molecule has 2 rings (SSSR count). The van der Waals surface area contributed by atoms with Crippen molar-refractivity contribution >= 4 is 0 Å². The zero-order chi connectivity index (χ0) is 14.7. The lowest BCUT2D eigenvalue weighted by atomic mass is 9.91. The summed E-state index contributed by atoms with van der Waals surface area (Å²) < 4.78 is 0. The zero-order valence-electron chi connectivity index (χ0n) is 13.6. The summed E-state index contributed by atoms with van der Waals surface area (Å²) >= 11 is 0. The molecule has 1 fully saturated rings. The van der Waals surface area contributed by atoms with Gasteiger partial charge in [-0.05, 0) is 68.8 Å². The monoisotopic (exact) mass is 274 g/mol. The van der Waals surface area contributed by atoms with E-state index in [0.29, 0.717) is 12.1 Å². The molecule has 1 saturated heterocycles. The number of nitrogens with zero attached hydrogens (tertiary/aromatic N) is 1. The van der Waals surface area contributed by atoms with Crippen LogP contribution in [0.5, 0.6) is 0 Å². The Morgan fingerprint density at radius 2 is 1.85 bits per heavy atom. The van der Waals surface area contributed by atoms with Crippen LogP contribution in [0.2, 0.25) is 0 Å². The Morgan fingerprint density at radius 1 is 1.15 bits per heavy atom. The molecule has 1 heterocycles. The van der Waals surface area contributed by atoms with E-state index >= 15 is 0 Å². The highest BCUT2D eigenvalue weighted by Gasteiger charge is 2.28. The number of aryl methyl sites for hydroxylation is 3. The van der Waals surface area contributed by atoms with Gasteiger partial charge in [0, 0.05) is 18.6 Å². The molecule has 2 N–H and O–H groups in total. The first-order valence-corrected chi connectivity index (χ1v) is 8.12. The highest BCUT2D eigenvalue weighted by Crippen LogP contribution is 2.32. The first-order valence-electron chi connectivity index (χ1n) is 8.12. The van der Waals surface area contributed by atoms with E-state index in [4.69, 9.17) is 5.73 Å². The van der Waals surface area contributed by atoms with Crippen LogP contribution in [0, 0.1) is 20.8 Å². The van der Waals surface area contributed by atoms with Crippen molar-refractivity contribution in [1.82, 2.24) is 4.90 Å². The Labute approximate surface area is 124 Å². The third kappa shape index (κ3) is 3.07. The van der Waals surface area contributed by atoms with Gasteiger partial charge in [-0.1, -0.05) is 25.5 Å². The number of piperidine rings is 1. The quantitative estimate of drug-likeness (QED) is 0.903. The summed E-state index contributed by atoms with van der Waals surface area (Å²) in [5, 5.41) is 0. The van der Waals surface area contributed by atoms with Crippen molar-refractivity contribution in [1.29, 1.82) is 0 Å². The standard InChI is InChI=1S/C18H30N2/c1-5-16-8-6-7-9-20(16)18(12-19)17-11-14(3)13(2)10-15(17)4/h10-11,16,18H,5-9,12,19H2,1-4H3. The van der Waals surface area contributed by atoms with Gasteiger partial charge in [-0.25, -0.2) is 0 Å². The van der Waals surface area contributed by atoms with Gasteiger partial charge in [-0.2, -0.15) is 0 Å². The third-order valence-corrected chi connectivity index (χ3v) is 5.01. The molecule has 1 aliphatic heterocycles. The second kappa shape index (κ2) is 6.73. The topological polar surface area (TPSA) is 29.3 Å². The van der Waals surface area contributed by atoms with Crippen LogP contribution >= 0.6 is 0 Å². The fourth-order valence-electron chi connectivity index (χ4n) is 3.65. The molecule has 1 aromatic carbocycles. The van der Waals surface area contributed by atoms with Crippen LogP contribution in [0.3, 0.4) is 0 Å². The number of benzene rings is 1. The summed E-state index contributed by atoms with van der Waals surface area (Å²) in [6.07, 6.45) is 5.26. The summed E-state index contributed by atoms with van der Waals surface area (Å²) in [5.74, 6) is 0. The van der Waals surface area contributed by atoms with E-state index in [9.17, 15) is 0 Å². The predicted octanol–water partition coefficient (Wildman–Crippen LogP) is 3.88. The number of nitrogens with two attached hydrogens (primary N) is 1. The summed E-state index contributed by atoms with van der Waals surface area (Å²) in [4.78, 5) is 2.67. The molecular formula is C18H30N2.